The highest BCUT2D eigenvalue weighted by molar-refractivity contribution is 5.88. The topological polar surface area (TPSA) is 55.8 Å². The molecule has 0 aromatic heterocycles. The van der Waals surface area contributed by atoms with Crippen molar-refractivity contribution in [3.05, 3.63) is 53.6 Å². The number of benzene rings is 1. The van der Waals surface area contributed by atoms with Gasteiger partial charge in [-0.15, -0.1) is 0 Å². The lowest BCUT2D eigenvalue weighted by Crippen LogP contribution is -2.66. The number of allylic oxidation sites excluding steroid dienone is 3. The van der Waals surface area contributed by atoms with Crippen LogP contribution in [0.1, 0.15) is 115 Å². The average Bonchev–Trinajstić information content (AvgIpc) is 3.44. The van der Waals surface area contributed by atoms with Gasteiger partial charge in [-0.25, -0.2) is 4.79 Å². The Bertz CT molecular complexity index is 1460. The molecule has 5 fully saturated rings. The van der Waals surface area contributed by atoms with Crippen molar-refractivity contribution in [2.24, 2.45) is 56.7 Å². The van der Waals surface area contributed by atoms with Crippen LogP contribution in [0.5, 0.6) is 0 Å². The lowest BCUT2D eigenvalue weighted by Gasteiger charge is -2.72. The number of hydrogen-bond donors (Lipinski definition) is 2. The molecule has 5 heteroatoms. The fraction of sp³-hybridized carbons (Fsp3) is 0.750. The van der Waals surface area contributed by atoms with E-state index < -0.39 is 5.97 Å². The van der Waals surface area contributed by atoms with Crippen molar-refractivity contribution in [1.29, 1.82) is 0 Å². The van der Waals surface area contributed by atoms with Gasteiger partial charge in [0, 0.05) is 45.8 Å². The number of carboxylic acid groups (broad SMARTS) is 1. The Labute approximate surface area is 298 Å². The summed E-state index contributed by atoms with van der Waals surface area (Å²) in [6, 6.07) is 7.67. The molecular formula is C44H67N3O2. The van der Waals surface area contributed by atoms with E-state index in [0.717, 1.165) is 30.7 Å². The van der Waals surface area contributed by atoms with Gasteiger partial charge in [-0.1, -0.05) is 65.0 Å². The molecule has 270 valence electrons. The van der Waals surface area contributed by atoms with Crippen molar-refractivity contribution >= 4 is 11.5 Å². The van der Waals surface area contributed by atoms with Gasteiger partial charge >= 0.3 is 5.97 Å². The van der Waals surface area contributed by atoms with Gasteiger partial charge in [0.25, 0.3) is 0 Å². The molecule has 0 bridgehead atoms. The summed E-state index contributed by atoms with van der Waals surface area (Å²) in [4.78, 5) is 16.7. The van der Waals surface area contributed by atoms with E-state index in [9.17, 15) is 9.90 Å². The third-order valence-corrected chi connectivity index (χ3v) is 16.9. The first-order chi connectivity index (χ1) is 23.2. The molecule has 6 aliphatic rings. The summed E-state index contributed by atoms with van der Waals surface area (Å²) in [6.45, 7) is 28.5. The van der Waals surface area contributed by atoms with Gasteiger partial charge in [-0.3, -0.25) is 4.90 Å². The number of carboxylic acids is 1. The number of fused-ring (bicyclic) bond motifs is 7. The van der Waals surface area contributed by atoms with Crippen LogP contribution in [0.4, 0.5) is 0 Å². The van der Waals surface area contributed by atoms with E-state index in [4.69, 9.17) is 0 Å². The van der Waals surface area contributed by atoms with E-state index in [0.29, 0.717) is 33.6 Å². The Hall–Kier alpha value is -1.95. The minimum Gasteiger partial charge on any atom is -0.478 e. The molecule has 0 amide bonds. The van der Waals surface area contributed by atoms with Crippen LogP contribution in [-0.4, -0.2) is 73.7 Å². The summed E-state index contributed by atoms with van der Waals surface area (Å²) in [6.07, 6.45) is 14.5. The molecule has 5 nitrogen and oxygen atoms in total. The maximum absolute atomic E-state index is 11.6. The fourth-order valence-corrected chi connectivity index (χ4v) is 14.1. The first-order valence-corrected chi connectivity index (χ1v) is 20.0. The molecule has 0 spiro atoms. The van der Waals surface area contributed by atoms with Crippen LogP contribution in [0.25, 0.3) is 5.57 Å². The van der Waals surface area contributed by atoms with E-state index >= 15 is 0 Å². The molecule has 1 heterocycles. The number of piperazine rings is 1. The third kappa shape index (κ3) is 5.54. The van der Waals surface area contributed by atoms with Crippen LogP contribution in [0.15, 0.2) is 42.5 Å². The molecule has 5 aliphatic carbocycles. The van der Waals surface area contributed by atoms with E-state index in [2.05, 4.69) is 76.4 Å². The van der Waals surface area contributed by atoms with Gasteiger partial charge in [0.2, 0.25) is 0 Å². The molecule has 1 aromatic carbocycles. The van der Waals surface area contributed by atoms with Crippen molar-refractivity contribution in [2.45, 2.75) is 99.3 Å². The second-order valence-electron chi connectivity index (χ2n) is 19.3. The van der Waals surface area contributed by atoms with Gasteiger partial charge < -0.3 is 15.3 Å². The highest BCUT2D eigenvalue weighted by Gasteiger charge is 2.70. The summed E-state index contributed by atoms with van der Waals surface area (Å²) < 4.78 is 0. The Morgan fingerprint density at radius 3 is 2.29 bits per heavy atom. The lowest BCUT2D eigenvalue weighted by atomic mass is 9.32. The quantitative estimate of drug-likeness (QED) is 0.214. The van der Waals surface area contributed by atoms with Gasteiger partial charge in [0.05, 0.1) is 5.56 Å². The molecule has 0 radical (unpaired) electrons. The number of aromatic carboxylic acids is 1. The fourth-order valence-electron chi connectivity index (χ4n) is 14.1. The predicted octanol–water partition coefficient (Wildman–Crippen LogP) is 8.87. The minimum absolute atomic E-state index is 0.0465. The highest BCUT2D eigenvalue weighted by atomic mass is 16.4. The second-order valence-corrected chi connectivity index (χ2v) is 19.3. The van der Waals surface area contributed by atoms with Crippen LogP contribution in [0.3, 0.4) is 0 Å². The van der Waals surface area contributed by atoms with Crippen molar-refractivity contribution in [3.63, 3.8) is 0 Å². The van der Waals surface area contributed by atoms with Crippen molar-refractivity contribution in [1.82, 2.24) is 15.1 Å². The Morgan fingerprint density at radius 1 is 0.898 bits per heavy atom. The molecule has 1 saturated heterocycles. The number of hydrogen-bond acceptors (Lipinski definition) is 4. The van der Waals surface area contributed by atoms with Crippen LogP contribution in [0, 0.1) is 56.7 Å². The zero-order valence-corrected chi connectivity index (χ0v) is 32.0. The van der Waals surface area contributed by atoms with Gasteiger partial charge in [-0.2, -0.15) is 0 Å². The first kappa shape index (κ1) is 35.5. The molecule has 49 heavy (non-hydrogen) atoms. The van der Waals surface area contributed by atoms with E-state index in [1.807, 2.05) is 12.1 Å². The van der Waals surface area contributed by atoms with Crippen molar-refractivity contribution in [3.8, 4) is 0 Å². The monoisotopic (exact) mass is 670 g/mol. The first-order valence-electron chi connectivity index (χ1n) is 20.0. The molecule has 7 rings (SSSR count). The van der Waals surface area contributed by atoms with E-state index in [1.54, 1.807) is 12.1 Å². The number of rotatable bonds is 8. The van der Waals surface area contributed by atoms with Crippen molar-refractivity contribution in [2.75, 3.05) is 52.9 Å². The summed E-state index contributed by atoms with van der Waals surface area (Å²) in [5, 5.41) is 13.6. The predicted molar refractivity (Wildman–Crippen MR) is 203 cm³/mol. The molecule has 1 aromatic rings. The average molecular weight is 670 g/mol. The molecule has 2 N–H and O–H groups in total. The molecule has 1 aliphatic heterocycles. The zero-order chi connectivity index (χ0) is 35.0. The maximum atomic E-state index is 11.6. The van der Waals surface area contributed by atoms with Gasteiger partial charge in [0.1, 0.15) is 0 Å². The standard InChI is InChI=1S/C44H67N3O2/c1-30(2)33-15-20-44(29-45-23-24-47-27-25-46(8)26-28-47)22-21-42(6)35(38(33)44)13-14-37-41(5)18-16-34(31-9-11-32(12-10-31)39(48)49)40(3,4)36(41)17-19-43(37,42)7/h9-12,16,33,35-38,45H,1,13-15,17-29H2,2-8H3,(H,48,49)/t33-,35+,36-,37?,38+,41-,42+,43+,44+/m0/s1. The Morgan fingerprint density at radius 2 is 1.61 bits per heavy atom. The summed E-state index contributed by atoms with van der Waals surface area (Å²) in [5.74, 6) is 2.71. The second kappa shape index (κ2) is 12.6. The number of nitrogens with zero attached hydrogens (tertiary/aromatic N) is 2. The summed E-state index contributed by atoms with van der Waals surface area (Å²) in [5.41, 5.74) is 5.88. The van der Waals surface area contributed by atoms with Crippen LogP contribution < -0.4 is 5.32 Å². The number of carbonyl (C=O) groups is 1. The smallest absolute Gasteiger partial charge is 0.335 e. The number of likely N-dealkylation sites (N-methyl/N-ethyl adjacent to an activating group) is 1. The van der Waals surface area contributed by atoms with Crippen LogP contribution >= 0.6 is 0 Å². The summed E-state index contributed by atoms with van der Waals surface area (Å²) in [7, 11) is 2.25. The Kier molecular flexibility index (Phi) is 9.13. The lowest BCUT2D eigenvalue weighted by molar-refractivity contribution is -0.225. The molecular weight excluding hydrogens is 603 g/mol. The normalized spacial score (nSPS) is 41.9. The zero-order valence-electron chi connectivity index (χ0n) is 32.0. The Balaban J connectivity index is 1.13. The van der Waals surface area contributed by atoms with E-state index in [-0.39, 0.29) is 10.8 Å². The maximum Gasteiger partial charge on any atom is 0.335 e. The van der Waals surface area contributed by atoms with Crippen LogP contribution in [-0.2, 0) is 0 Å². The largest absolute Gasteiger partial charge is 0.478 e. The van der Waals surface area contributed by atoms with E-state index in [1.165, 1.54) is 107 Å². The SMILES string of the molecule is C=C(C)[C@@H]1CC[C@]2(CNCCN3CCN(C)CC3)CC[C@]3(C)[C@H](CCC4[C@@]5(C)CC=C(c6ccc(C(=O)O)cc6)C(C)(C)[C@@H]5CC[C@]43C)[C@@H]12. The van der Waals surface area contributed by atoms with Crippen molar-refractivity contribution < 1.29 is 9.90 Å². The van der Waals surface area contributed by atoms with Gasteiger partial charge in [-0.05, 0) is 152 Å². The molecule has 1 unspecified atom stereocenters. The third-order valence-electron chi connectivity index (χ3n) is 16.9. The minimum atomic E-state index is -0.851. The highest BCUT2D eigenvalue weighted by Crippen LogP contribution is 2.77. The molecule has 9 atom stereocenters. The van der Waals surface area contributed by atoms with Gasteiger partial charge in [0.15, 0.2) is 0 Å². The summed E-state index contributed by atoms with van der Waals surface area (Å²) >= 11 is 0. The molecule has 4 saturated carbocycles. The van der Waals surface area contributed by atoms with Crippen LogP contribution in [0.2, 0.25) is 0 Å². The number of nitrogens with one attached hydrogen (secondary N) is 1.